The number of carbonyl (C=O) groups excluding carboxylic acids is 1. The van der Waals surface area contributed by atoms with Crippen LogP contribution in [0.25, 0.3) is 0 Å². The van der Waals surface area contributed by atoms with Crippen molar-refractivity contribution in [3.63, 3.8) is 0 Å². The van der Waals surface area contributed by atoms with Crippen LogP contribution in [0, 0.1) is 6.92 Å². The van der Waals surface area contributed by atoms with Gasteiger partial charge in [-0.15, -0.1) is 0 Å². The Kier molecular flexibility index (Phi) is 4.22. The highest BCUT2D eigenvalue weighted by atomic mass is 35.5. The van der Waals surface area contributed by atoms with Crippen LogP contribution in [0.5, 0.6) is 0 Å². The Morgan fingerprint density at radius 2 is 1.87 bits per heavy atom. The summed E-state index contributed by atoms with van der Waals surface area (Å²) in [4.78, 5) is 12.5. The predicted octanol–water partition coefficient (Wildman–Crippen LogP) is 4.96. The number of aryl methyl sites for hydroxylation is 2. The van der Waals surface area contributed by atoms with Crippen molar-refractivity contribution in [2.45, 2.75) is 6.92 Å². The zero-order valence-electron chi connectivity index (χ0n) is 13.0. The summed E-state index contributed by atoms with van der Waals surface area (Å²) in [5, 5.41) is 3.76. The third-order valence-corrected chi connectivity index (χ3v) is 4.13. The maximum atomic E-state index is 12.5. The van der Waals surface area contributed by atoms with E-state index in [1.807, 2.05) is 56.6 Å². The molecule has 23 heavy (non-hydrogen) atoms. The van der Waals surface area contributed by atoms with Crippen LogP contribution in [0.3, 0.4) is 0 Å². The number of para-hydroxylation sites is 1. The Balaban J connectivity index is 1.88. The first-order valence-corrected chi connectivity index (χ1v) is 7.72. The molecule has 3 aromatic rings. The van der Waals surface area contributed by atoms with Gasteiger partial charge in [0.25, 0.3) is 0 Å². The van der Waals surface area contributed by atoms with Gasteiger partial charge in [0.1, 0.15) is 0 Å². The molecule has 2 aromatic carbocycles. The molecule has 0 atom stereocenters. The van der Waals surface area contributed by atoms with E-state index in [-0.39, 0.29) is 5.78 Å². The lowest BCUT2D eigenvalue weighted by molar-refractivity contribution is 0.103. The lowest BCUT2D eigenvalue weighted by Crippen LogP contribution is -2.07. The summed E-state index contributed by atoms with van der Waals surface area (Å²) in [6.45, 7) is 2.04. The van der Waals surface area contributed by atoms with E-state index in [4.69, 9.17) is 11.6 Å². The first kappa shape index (κ1) is 15.4. The third-order valence-electron chi connectivity index (χ3n) is 3.81. The predicted molar refractivity (Wildman–Crippen MR) is 94.8 cm³/mol. The molecule has 0 aliphatic rings. The minimum atomic E-state index is -0.0788. The number of halogens is 1. The van der Waals surface area contributed by atoms with E-state index in [9.17, 15) is 4.79 Å². The molecule has 0 amide bonds. The molecule has 0 bridgehead atoms. The molecule has 1 N–H and O–H groups in total. The van der Waals surface area contributed by atoms with Crippen LogP contribution >= 0.6 is 11.6 Å². The molecular weight excluding hydrogens is 308 g/mol. The van der Waals surface area contributed by atoms with Gasteiger partial charge in [-0.3, -0.25) is 4.79 Å². The van der Waals surface area contributed by atoms with E-state index in [0.717, 1.165) is 16.9 Å². The summed E-state index contributed by atoms with van der Waals surface area (Å²) in [5.74, 6) is -0.0788. The van der Waals surface area contributed by atoms with Gasteiger partial charge in [0.2, 0.25) is 5.78 Å². The zero-order valence-corrected chi connectivity index (χ0v) is 13.8. The van der Waals surface area contributed by atoms with Crippen LogP contribution in [0.2, 0.25) is 5.02 Å². The molecule has 0 fully saturated rings. The van der Waals surface area contributed by atoms with Crippen molar-refractivity contribution >= 4 is 28.8 Å². The number of ketones is 1. The molecule has 4 heteroatoms. The van der Waals surface area contributed by atoms with Crippen molar-refractivity contribution in [2.24, 2.45) is 7.05 Å². The number of anilines is 2. The van der Waals surface area contributed by atoms with Crippen LogP contribution in [0.15, 0.2) is 60.8 Å². The SMILES string of the molecule is Cc1ccccc1Nc1ccc(C(=O)c2cccn2C)c(Cl)c1. The van der Waals surface area contributed by atoms with Crippen molar-refractivity contribution < 1.29 is 4.79 Å². The average molecular weight is 325 g/mol. The number of aromatic nitrogens is 1. The Labute approximate surface area is 140 Å². The summed E-state index contributed by atoms with van der Waals surface area (Å²) in [6, 6.07) is 17.1. The van der Waals surface area contributed by atoms with E-state index in [1.54, 1.807) is 22.8 Å². The Morgan fingerprint density at radius 1 is 1.09 bits per heavy atom. The van der Waals surface area contributed by atoms with Gasteiger partial charge in [-0.25, -0.2) is 0 Å². The number of hydrogen-bond donors (Lipinski definition) is 1. The Hall–Kier alpha value is -2.52. The quantitative estimate of drug-likeness (QED) is 0.688. The van der Waals surface area contributed by atoms with Crippen molar-refractivity contribution in [2.75, 3.05) is 5.32 Å². The van der Waals surface area contributed by atoms with E-state index in [0.29, 0.717) is 16.3 Å². The molecule has 0 aliphatic carbocycles. The fourth-order valence-electron chi connectivity index (χ4n) is 2.48. The average Bonchev–Trinajstić information content (AvgIpc) is 2.95. The first-order valence-electron chi connectivity index (χ1n) is 7.34. The van der Waals surface area contributed by atoms with Crippen LogP contribution in [0.1, 0.15) is 21.6 Å². The molecule has 3 nitrogen and oxygen atoms in total. The Bertz CT molecular complexity index is 867. The monoisotopic (exact) mass is 324 g/mol. The lowest BCUT2D eigenvalue weighted by Gasteiger charge is -2.11. The molecule has 1 aromatic heterocycles. The van der Waals surface area contributed by atoms with E-state index in [1.165, 1.54) is 0 Å². The highest BCUT2D eigenvalue weighted by Crippen LogP contribution is 2.26. The second-order valence-corrected chi connectivity index (χ2v) is 5.88. The van der Waals surface area contributed by atoms with Crippen LogP contribution in [-0.2, 0) is 7.05 Å². The second-order valence-electron chi connectivity index (χ2n) is 5.47. The zero-order chi connectivity index (χ0) is 16.4. The summed E-state index contributed by atoms with van der Waals surface area (Å²) >= 11 is 6.33. The molecule has 0 radical (unpaired) electrons. The van der Waals surface area contributed by atoms with E-state index in [2.05, 4.69) is 5.32 Å². The van der Waals surface area contributed by atoms with Crippen molar-refractivity contribution in [1.82, 2.24) is 4.57 Å². The maximum absolute atomic E-state index is 12.5. The first-order chi connectivity index (χ1) is 11.1. The van der Waals surface area contributed by atoms with Gasteiger partial charge in [0, 0.05) is 30.2 Å². The van der Waals surface area contributed by atoms with Crippen LogP contribution in [0.4, 0.5) is 11.4 Å². The fraction of sp³-hybridized carbons (Fsp3) is 0.105. The number of benzene rings is 2. The fourth-order valence-corrected chi connectivity index (χ4v) is 2.75. The molecule has 0 aliphatic heterocycles. The molecule has 1 heterocycles. The topological polar surface area (TPSA) is 34.0 Å². The summed E-state index contributed by atoms with van der Waals surface area (Å²) in [7, 11) is 1.84. The maximum Gasteiger partial charge on any atom is 0.210 e. The molecule has 0 unspecified atom stereocenters. The highest BCUT2D eigenvalue weighted by Gasteiger charge is 2.15. The van der Waals surface area contributed by atoms with Crippen LogP contribution in [-0.4, -0.2) is 10.4 Å². The number of rotatable bonds is 4. The summed E-state index contributed by atoms with van der Waals surface area (Å²) < 4.78 is 1.79. The van der Waals surface area contributed by atoms with Gasteiger partial charge in [0.05, 0.1) is 10.7 Å². The van der Waals surface area contributed by atoms with E-state index >= 15 is 0 Å². The molecule has 0 saturated heterocycles. The highest BCUT2D eigenvalue weighted by molar-refractivity contribution is 6.35. The van der Waals surface area contributed by atoms with Crippen LogP contribution < -0.4 is 5.32 Å². The summed E-state index contributed by atoms with van der Waals surface area (Å²) in [5.41, 5.74) is 4.14. The van der Waals surface area contributed by atoms with Gasteiger partial charge in [-0.1, -0.05) is 29.8 Å². The minimum Gasteiger partial charge on any atom is -0.355 e. The molecule has 0 spiro atoms. The molecular formula is C19H17ClN2O. The smallest absolute Gasteiger partial charge is 0.210 e. The molecule has 3 rings (SSSR count). The second kappa shape index (κ2) is 6.31. The normalized spacial score (nSPS) is 10.6. The number of nitrogens with zero attached hydrogens (tertiary/aromatic N) is 1. The van der Waals surface area contributed by atoms with Crippen molar-refractivity contribution in [3.05, 3.63) is 82.6 Å². The number of carbonyl (C=O) groups is 1. The minimum absolute atomic E-state index is 0.0788. The number of nitrogens with one attached hydrogen (secondary N) is 1. The van der Waals surface area contributed by atoms with Gasteiger partial charge in [-0.2, -0.15) is 0 Å². The van der Waals surface area contributed by atoms with Crippen molar-refractivity contribution in [3.8, 4) is 0 Å². The molecule has 0 saturated carbocycles. The molecule has 116 valence electrons. The third kappa shape index (κ3) is 3.15. The largest absolute Gasteiger partial charge is 0.355 e. The van der Waals surface area contributed by atoms with Gasteiger partial charge in [-0.05, 0) is 48.9 Å². The standard InChI is InChI=1S/C19H17ClN2O/c1-13-6-3-4-7-17(13)21-14-9-10-15(16(20)12-14)19(23)18-8-5-11-22(18)2/h3-12,21H,1-2H3. The van der Waals surface area contributed by atoms with Gasteiger partial charge in [0.15, 0.2) is 0 Å². The van der Waals surface area contributed by atoms with E-state index < -0.39 is 0 Å². The van der Waals surface area contributed by atoms with Gasteiger partial charge < -0.3 is 9.88 Å². The number of hydrogen-bond acceptors (Lipinski definition) is 2. The van der Waals surface area contributed by atoms with Crippen molar-refractivity contribution in [1.29, 1.82) is 0 Å². The summed E-state index contributed by atoms with van der Waals surface area (Å²) in [6.07, 6.45) is 1.84. The Morgan fingerprint density at radius 3 is 2.52 bits per heavy atom. The van der Waals surface area contributed by atoms with Gasteiger partial charge >= 0.3 is 0 Å². The lowest BCUT2D eigenvalue weighted by atomic mass is 10.1.